The van der Waals surface area contributed by atoms with Crippen LogP contribution in [-0.4, -0.2) is 47.0 Å². The molecule has 1 fully saturated rings. The molecule has 31 heavy (non-hydrogen) atoms. The van der Waals surface area contributed by atoms with Crippen LogP contribution >= 0.6 is 22.9 Å². The van der Waals surface area contributed by atoms with Gasteiger partial charge in [-0.05, 0) is 18.2 Å². The largest absolute Gasteiger partial charge is 0.378 e. The number of ether oxygens (including phenoxy) is 1. The van der Waals surface area contributed by atoms with Crippen molar-refractivity contribution in [2.75, 3.05) is 31.2 Å². The molecule has 4 rings (SSSR count). The predicted molar refractivity (Wildman–Crippen MR) is 119 cm³/mol. The number of thiazole rings is 1. The Morgan fingerprint density at radius 3 is 2.84 bits per heavy atom. The highest BCUT2D eigenvalue weighted by atomic mass is 35.5. The molecule has 3 heterocycles. The van der Waals surface area contributed by atoms with Crippen molar-refractivity contribution < 1.29 is 9.53 Å². The highest BCUT2D eigenvalue weighted by Gasteiger charge is 2.24. The molecule has 1 aromatic carbocycles. The standard InChI is InChI=1S/C21H21ClN6O2S/c1-13(19-18(20(24)29)25-21(31-19)27-6-8-30-9-7-27)12-28-5-4-17(26-28)14-2-3-15(11-23)16(22)10-14/h2-5,10,13H,6-9,12H2,1H3,(H2,24,29). The second-order valence-electron chi connectivity index (χ2n) is 7.30. The quantitative estimate of drug-likeness (QED) is 0.609. The fourth-order valence-corrected chi connectivity index (χ4v) is 4.85. The maximum Gasteiger partial charge on any atom is 0.268 e. The van der Waals surface area contributed by atoms with Crippen molar-refractivity contribution in [3.05, 3.63) is 51.6 Å². The molecule has 1 saturated heterocycles. The van der Waals surface area contributed by atoms with Crippen LogP contribution in [0.15, 0.2) is 30.5 Å². The SMILES string of the molecule is CC(Cn1ccc(-c2ccc(C#N)c(Cl)c2)n1)c1sc(N2CCOCC2)nc1C(N)=O. The van der Waals surface area contributed by atoms with Gasteiger partial charge in [-0.15, -0.1) is 11.3 Å². The molecule has 10 heteroatoms. The van der Waals surface area contributed by atoms with Crippen LogP contribution in [0, 0.1) is 11.3 Å². The van der Waals surface area contributed by atoms with Crippen molar-refractivity contribution in [3.63, 3.8) is 0 Å². The van der Waals surface area contributed by atoms with E-state index in [1.54, 1.807) is 12.1 Å². The van der Waals surface area contributed by atoms with Gasteiger partial charge in [-0.1, -0.05) is 24.6 Å². The number of benzene rings is 1. The summed E-state index contributed by atoms with van der Waals surface area (Å²) in [6, 6.07) is 9.19. The lowest BCUT2D eigenvalue weighted by atomic mass is 10.1. The third kappa shape index (κ3) is 4.56. The molecule has 160 valence electrons. The van der Waals surface area contributed by atoms with E-state index in [0.29, 0.717) is 36.0 Å². The number of primary amides is 1. The van der Waals surface area contributed by atoms with Gasteiger partial charge in [-0.3, -0.25) is 9.48 Å². The number of hydrogen-bond acceptors (Lipinski definition) is 7. The lowest BCUT2D eigenvalue weighted by molar-refractivity contribution is 0.0994. The van der Waals surface area contributed by atoms with E-state index < -0.39 is 5.91 Å². The van der Waals surface area contributed by atoms with Crippen LogP contribution in [0.25, 0.3) is 11.3 Å². The van der Waals surface area contributed by atoms with E-state index >= 15 is 0 Å². The fourth-order valence-electron chi connectivity index (χ4n) is 3.47. The normalized spacial score (nSPS) is 14.9. The number of morpholine rings is 1. The average molecular weight is 457 g/mol. The van der Waals surface area contributed by atoms with Gasteiger partial charge >= 0.3 is 0 Å². The molecule has 8 nitrogen and oxygen atoms in total. The Morgan fingerprint density at radius 1 is 1.39 bits per heavy atom. The van der Waals surface area contributed by atoms with Crippen LogP contribution in [0.1, 0.15) is 33.8 Å². The number of rotatable bonds is 6. The van der Waals surface area contributed by atoms with E-state index in [-0.39, 0.29) is 5.92 Å². The topological polar surface area (TPSA) is 110 Å². The van der Waals surface area contributed by atoms with Crippen LogP contribution in [0.2, 0.25) is 5.02 Å². The first kappa shape index (κ1) is 21.3. The second-order valence-corrected chi connectivity index (χ2v) is 8.72. The van der Waals surface area contributed by atoms with Gasteiger partial charge in [0.2, 0.25) is 0 Å². The molecule has 1 atom stereocenters. The highest BCUT2D eigenvalue weighted by molar-refractivity contribution is 7.16. The third-order valence-electron chi connectivity index (χ3n) is 5.09. The minimum absolute atomic E-state index is 0.00732. The molecule has 0 radical (unpaired) electrons. The number of anilines is 1. The van der Waals surface area contributed by atoms with Gasteiger partial charge in [-0.2, -0.15) is 10.4 Å². The van der Waals surface area contributed by atoms with Gasteiger partial charge in [-0.25, -0.2) is 4.98 Å². The predicted octanol–water partition coefficient (Wildman–Crippen LogP) is 3.27. The van der Waals surface area contributed by atoms with Gasteiger partial charge < -0.3 is 15.4 Å². The molecular weight excluding hydrogens is 436 g/mol. The van der Waals surface area contributed by atoms with Crippen molar-refractivity contribution >= 4 is 34.0 Å². The van der Waals surface area contributed by atoms with Gasteiger partial charge in [0.25, 0.3) is 5.91 Å². The number of amides is 1. The smallest absolute Gasteiger partial charge is 0.268 e. The van der Waals surface area contributed by atoms with Crippen LogP contribution < -0.4 is 10.6 Å². The van der Waals surface area contributed by atoms with E-state index in [4.69, 9.17) is 27.3 Å². The summed E-state index contributed by atoms with van der Waals surface area (Å²) in [6.07, 6.45) is 1.88. The van der Waals surface area contributed by atoms with E-state index in [9.17, 15) is 4.79 Å². The van der Waals surface area contributed by atoms with Crippen LogP contribution in [-0.2, 0) is 11.3 Å². The molecule has 2 aromatic heterocycles. The Morgan fingerprint density at radius 2 is 2.16 bits per heavy atom. The molecule has 1 amide bonds. The first-order chi connectivity index (χ1) is 15.0. The molecule has 1 aliphatic heterocycles. The van der Waals surface area contributed by atoms with Crippen molar-refractivity contribution in [2.24, 2.45) is 5.73 Å². The molecule has 1 aliphatic rings. The number of carbonyl (C=O) groups excluding carboxylic acids is 1. The number of aromatic nitrogens is 3. The molecule has 0 aliphatic carbocycles. The molecule has 0 bridgehead atoms. The van der Waals surface area contributed by atoms with Crippen molar-refractivity contribution in [2.45, 2.75) is 19.4 Å². The summed E-state index contributed by atoms with van der Waals surface area (Å²) in [7, 11) is 0. The first-order valence-corrected chi connectivity index (χ1v) is 11.0. The molecule has 0 saturated carbocycles. The number of halogens is 1. The Balaban J connectivity index is 1.54. The maximum absolute atomic E-state index is 12.0. The second kappa shape index (κ2) is 9.06. The van der Waals surface area contributed by atoms with E-state index in [1.807, 2.05) is 29.9 Å². The number of nitriles is 1. The minimum atomic E-state index is -0.522. The molecule has 1 unspecified atom stereocenters. The fraction of sp³-hybridized carbons (Fsp3) is 0.333. The first-order valence-electron chi connectivity index (χ1n) is 9.83. The summed E-state index contributed by atoms with van der Waals surface area (Å²) in [5, 5.41) is 14.9. The molecule has 2 N–H and O–H groups in total. The van der Waals surface area contributed by atoms with E-state index in [2.05, 4.69) is 21.1 Å². The lowest BCUT2D eigenvalue weighted by Gasteiger charge is -2.26. The van der Waals surface area contributed by atoms with Gasteiger partial charge in [0, 0.05) is 42.2 Å². The van der Waals surface area contributed by atoms with Gasteiger partial charge in [0.05, 0.1) is 29.5 Å². The lowest BCUT2D eigenvalue weighted by Crippen LogP contribution is -2.36. The molecule has 0 spiro atoms. The Kier molecular flexibility index (Phi) is 6.23. The monoisotopic (exact) mass is 456 g/mol. The van der Waals surface area contributed by atoms with Crippen molar-refractivity contribution in [1.29, 1.82) is 5.26 Å². The number of carbonyl (C=O) groups is 1. The van der Waals surface area contributed by atoms with Gasteiger partial charge in [0.1, 0.15) is 11.8 Å². The summed E-state index contributed by atoms with van der Waals surface area (Å²) in [6.45, 7) is 5.38. The zero-order valence-electron chi connectivity index (χ0n) is 16.9. The highest BCUT2D eigenvalue weighted by Crippen LogP contribution is 2.33. The van der Waals surface area contributed by atoms with E-state index in [0.717, 1.165) is 34.4 Å². The maximum atomic E-state index is 12.0. The third-order valence-corrected chi connectivity index (χ3v) is 6.75. The average Bonchev–Trinajstić information content (AvgIpc) is 3.42. The summed E-state index contributed by atoms with van der Waals surface area (Å²) >= 11 is 7.65. The molecular formula is C21H21ClN6O2S. The summed E-state index contributed by atoms with van der Waals surface area (Å²) in [4.78, 5) is 19.5. The van der Waals surface area contributed by atoms with Crippen molar-refractivity contribution in [3.8, 4) is 17.3 Å². The van der Waals surface area contributed by atoms with Crippen LogP contribution in [0.3, 0.4) is 0 Å². The zero-order chi connectivity index (χ0) is 22.0. The van der Waals surface area contributed by atoms with E-state index in [1.165, 1.54) is 11.3 Å². The summed E-state index contributed by atoms with van der Waals surface area (Å²) in [5.74, 6) is -0.530. The van der Waals surface area contributed by atoms with Crippen LogP contribution in [0.4, 0.5) is 5.13 Å². The van der Waals surface area contributed by atoms with Gasteiger partial charge in [0.15, 0.2) is 5.13 Å². The number of nitrogens with zero attached hydrogens (tertiary/aromatic N) is 5. The van der Waals surface area contributed by atoms with Crippen molar-refractivity contribution in [1.82, 2.24) is 14.8 Å². The molecule has 3 aromatic rings. The summed E-state index contributed by atoms with van der Waals surface area (Å²) in [5.41, 5.74) is 7.95. The Hall–Kier alpha value is -2.93. The Labute approximate surface area is 188 Å². The number of nitrogens with two attached hydrogens (primary N) is 1. The minimum Gasteiger partial charge on any atom is -0.378 e. The zero-order valence-corrected chi connectivity index (χ0v) is 18.5. The summed E-state index contributed by atoms with van der Waals surface area (Å²) < 4.78 is 7.22. The van der Waals surface area contributed by atoms with Crippen LogP contribution in [0.5, 0.6) is 0 Å². The Bertz CT molecular complexity index is 1150. The number of hydrogen-bond donors (Lipinski definition) is 1.